The number of fused-ring (bicyclic) bond motifs is 1. The van der Waals surface area contributed by atoms with E-state index in [2.05, 4.69) is 23.7 Å². The summed E-state index contributed by atoms with van der Waals surface area (Å²) < 4.78 is 0. The number of benzene rings is 1. The Morgan fingerprint density at radius 1 is 1.58 bits per heavy atom. The van der Waals surface area contributed by atoms with Gasteiger partial charge < -0.3 is 15.3 Å². The van der Waals surface area contributed by atoms with Crippen molar-refractivity contribution in [1.29, 1.82) is 0 Å². The van der Waals surface area contributed by atoms with Gasteiger partial charge in [0.05, 0.1) is 10.7 Å². The Kier molecular flexibility index (Phi) is 4.12. The van der Waals surface area contributed by atoms with Crippen molar-refractivity contribution in [2.24, 2.45) is 0 Å². The van der Waals surface area contributed by atoms with Crippen LogP contribution in [0, 0.1) is 0 Å². The quantitative estimate of drug-likeness (QED) is 0.816. The molecule has 1 atom stereocenters. The minimum absolute atomic E-state index is 0.408. The van der Waals surface area contributed by atoms with Gasteiger partial charge in [-0.2, -0.15) is 0 Å². The van der Waals surface area contributed by atoms with Crippen molar-refractivity contribution in [3.05, 3.63) is 35.4 Å². The van der Waals surface area contributed by atoms with E-state index < -0.39 is 12.0 Å². The summed E-state index contributed by atoms with van der Waals surface area (Å²) in [6.07, 6.45) is 1.67. The third-order valence-corrected chi connectivity index (χ3v) is 3.41. The van der Waals surface area contributed by atoms with Gasteiger partial charge in [0.2, 0.25) is 0 Å². The SMILES string of the molecule is C=CCN(CCC)c1cc2c(cc1Cl)C(O)C(=O)N2. The molecule has 0 fully saturated rings. The molecular formula is C14H17ClN2O2. The Labute approximate surface area is 117 Å². The summed E-state index contributed by atoms with van der Waals surface area (Å²) >= 11 is 6.26. The third kappa shape index (κ3) is 2.60. The summed E-state index contributed by atoms with van der Waals surface area (Å²) in [6, 6.07) is 3.46. The van der Waals surface area contributed by atoms with Crippen LogP contribution in [0.4, 0.5) is 11.4 Å². The minimum atomic E-state index is -1.12. The largest absolute Gasteiger partial charge is 0.378 e. The number of nitrogens with zero attached hydrogens (tertiary/aromatic N) is 1. The van der Waals surface area contributed by atoms with E-state index in [-0.39, 0.29) is 0 Å². The number of carbonyl (C=O) groups is 1. The fourth-order valence-electron chi connectivity index (χ4n) is 2.23. The maximum Gasteiger partial charge on any atom is 0.257 e. The molecule has 1 aromatic rings. The van der Waals surface area contributed by atoms with Gasteiger partial charge in [0.25, 0.3) is 5.91 Å². The molecule has 5 heteroatoms. The average Bonchev–Trinajstić information content (AvgIpc) is 2.64. The molecule has 0 aliphatic carbocycles. The van der Waals surface area contributed by atoms with Crippen LogP contribution in [0.5, 0.6) is 0 Å². The summed E-state index contributed by atoms with van der Waals surface area (Å²) in [4.78, 5) is 13.5. The summed E-state index contributed by atoms with van der Waals surface area (Å²) in [6.45, 7) is 7.36. The monoisotopic (exact) mass is 280 g/mol. The second-order valence-electron chi connectivity index (χ2n) is 4.52. The highest BCUT2D eigenvalue weighted by molar-refractivity contribution is 6.33. The molecule has 1 aliphatic heterocycles. The lowest BCUT2D eigenvalue weighted by molar-refractivity contribution is -0.123. The fourth-order valence-corrected chi connectivity index (χ4v) is 2.52. The number of rotatable bonds is 5. The fraction of sp³-hybridized carbons (Fsp3) is 0.357. The molecule has 0 saturated carbocycles. The lowest BCUT2D eigenvalue weighted by Gasteiger charge is -2.24. The van der Waals surface area contributed by atoms with Gasteiger partial charge in [-0.05, 0) is 18.6 Å². The lowest BCUT2D eigenvalue weighted by Crippen LogP contribution is -2.24. The van der Waals surface area contributed by atoms with Gasteiger partial charge >= 0.3 is 0 Å². The van der Waals surface area contributed by atoms with Gasteiger partial charge in [0.1, 0.15) is 0 Å². The van der Waals surface area contributed by atoms with E-state index in [1.54, 1.807) is 6.07 Å². The Balaban J connectivity index is 2.40. The van der Waals surface area contributed by atoms with Crippen LogP contribution >= 0.6 is 11.6 Å². The van der Waals surface area contributed by atoms with Crippen molar-refractivity contribution >= 4 is 28.9 Å². The highest BCUT2D eigenvalue weighted by atomic mass is 35.5. The topological polar surface area (TPSA) is 52.6 Å². The maximum atomic E-state index is 11.4. The first kappa shape index (κ1) is 13.9. The molecule has 1 heterocycles. The lowest BCUT2D eigenvalue weighted by atomic mass is 10.1. The van der Waals surface area contributed by atoms with Crippen molar-refractivity contribution in [1.82, 2.24) is 0 Å². The second-order valence-corrected chi connectivity index (χ2v) is 4.92. The van der Waals surface area contributed by atoms with Crippen molar-refractivity contribution in [2.75, 3.05) is 23.3 Å². The average molecular weight is 281 g/mol. The molecule has 2 N–H and O–H groups in total. The Morgan fingerprint density at radius 3 is 2.95 bits per heavy atom. The first-order valence-electron chi connectivity index (χ1n) is 6.26. The Hall–Kier alpha value is -1.52. The molecule has 0 spiro atoms. The first-order valence-corrected chi connectivity index (χ1v) is 6.64. The minimum Gasteiger partial charge on any atom is -0.378 e. The van der Waals surface area contributed by atoms with Gasteiger partial charge in [-0.25, -0.2) is 0 Å². The molecule has 19 heavy (non-hydrogen) atoms. The van der Waals surface area contributed by atoms with Crippen molar-refractivity contribution in [3.63, 3.8) is 0 Å². The predicted molar refractivity (Wildman–Crippen MR) is 77.7 cm³/mol. The summed E-state index contributed by atoms with van der Waals surface area (Å²) in [5.74, 6) is -0.408. The van der Waals surface area contributed by atoms with E-state index in [0.29, 0.717) is 22.8 Å². The van der Waals surface area contributed by atoms with Crippen LogP contribution < -0.4 is 10.2 Å². The van der Waals surface area contributed by atoms with E-state index in [9.17, 15) is 9.90 Å². The molecule has 0 aromatic heterocycles. The van der Waals surface area contributed by atoms with Gasteiger partial charge in [0, 0.05) is 24.3 Å². The van der Waals surface area contributed by atoms with E-state index >= 15 is 0 Å². The first-order chi connectivity index (χ1) is 9.08. The normalized spacial score (nSPS) is 17.0. The summed E-state index contributed by atoms with van der Waals surface area (Å²) in [5, 5.41) is 12.9. The number of halogens is 1. The van der Waals surface area contributed by atoms with Crippen LogP contribution in [-0.2, 0) is 4.79 Å². The van der Waals surface area contributed by atoms with Crippen LogP contribution in [0.3, 0.4) is 0 Å². The maximum absolute atomic E-state index is 11.4. The zero-order chi connectivity index (χ0) is 14.0. The third-order valence-electron chi connectivity index (χ3n) is 3.10. The molecule has 0 radical (unpaired) electrons. The second kappa shape index (κ2) is 5.63. The van der Waals surface area contributed by atoms with Gasteiger partial charge in [-0.15, -0.1) is 6.58 Å². The van der Waals surface area contributed by atoms with E-state index in [4.69, 9.17) is 11.6 Å². The number of carbonyl (C=O) groups excluding carboxylic acids is 1. The number of anilines is 2. The molecule has 2 rings (SSSR count). The van der Waals surface area contributed by atoms with E-state index in [0.717, 1.165) is 18.7 Å². The number of nitrogens with one attached hydrogen (secondary N) is 1. The summed E-state index contributed by atoms with van der Waals surface area (Å²) in [7, 11) is 0. The molecule has 0 bridgehead atoms. The van der Waals surface area contributed by atoms with E-state index in [1.165, 1.54) is 0 Å². The van der Waals surface area contributed by atoms with Crippen LogP contribution in [0.25, 0.3) is 0 Å². The van der Waals surface area contributed by atoms with Crippen molar-refractivity contribution in [2.45, 2.75) is 19.4 Å². The van der Waals surface area contributed by atoms with Crippen LogP contribution in [0.1, 0.15) is 25.0 Å². The molecule has 1 aromatic carbocycles. The number of hydrogen-bond acceptors (Lipinski definition) is 3. The number of amides is 1. The number of aliphatic hydroxyl groups is 1. The highest BCUT2D eigenvalue weighted by Crippen LogP contribution is 2.38. The molecule has 1 amide bonds. The molecule has 4 nitrogen and oxygen atoms in total. The molecule has 0 saturated heterocycles. The Bertz CT molecular complexity index is 516. The van der Waals surface area contributed by atoms with Crippen molar-refractivity contribution < 1.29 is 9.90 Å². The molecule has 102 valence electrons. The zero-order valence-corrected chi connectivity index (χ0v) is 11.6. The highest BCUT2D eigenvalue weighted by Gasteiger charge is 2.30. The number of aliphatic hydroxyl groups excluding tert-OH is 1. The Morgan fingerprint density at radius 2 is 2.32 bits per heavy atom. The predicted octanol–water partition coefficient (Wildman–Crippen LogP) is 2.73. The van der Waals surface area contributed by atoms with Gasteiger partial charge in [-0.1, -0.05) is 24.6 Å². The smallest absolute Gasteiger partial charge is 0.257 e. The van der Waals surface area contributed by atoms with Crippen molar-refractivity contribution in [3.8, 4) is 0 Å². The van der Waals surface area contributed by atoms with Crippen LogP contribution in [0.2, 0.25) is 5.02 Å². The van der Waals surface area contributed by atoms with Crippen LogP contribution in [-0.4, -0.2) is 24.1 Å². The van der Waals surface area contributed by atoms with E-state index in [1.807, 2.05) is 12.1 Å². The standard InChI is InChI=1S/C14H17ClN2O2/c1-3-5-17(6-4-2)12-8-11-9(7-10(12)15)13(18)14(19)16-11/h3,7-8,13,18H,1,4-6H2,2H3,(H,16,19). The zero-order valence-electron chi connectivity index (χ0n) is 10.8. The van der Waals surface area contributed by atoms with Gasteiger partial charge in [-0.3, -0.25) is 4.79 Å². The molecular weight excluding hydrogens is 264 g/mol. The van der Waals surface area contributed by atoms with Crippen LogP contribution in [0.15, 0.2) is 24.8 Å². The number of hydrogen-bond donors (Lipinski definition) is 2. The molecule has 1 aliphatic rings. The summed E-state index contributed by atoms with van der Waals surface area (Å²) in [5.41, 5.74) is 2.01. The molecule has 1 unspecified atom stereocenters. The van der Waals surface area contributed by atoms with Gasteiger partial charge in [0.15, 0.2) is 6.10 Å².